The Bertz CT molecular complexity index is 788. The average Bonchev–Trinajstić information content (AvgIpc) is 2.77. The molecule has 3 heterocycles. The zero-order chi connectivity index (χ0) is 15.0. The smallest absolute Gasteiger partial charge is 0.180 e. The SMILES string of the molecule is CCCc1nc2nc3cnccc3c(N)c2n1CC(C)C. The van der Waals surface area contributed by atoms with Gasteiger partial charge in [-0.3, -0.25) is 4.98 Å². The van der Waals surface area contributed by atoms with Crippen molar-refractivity contribution in [1.29, 1.82) is 0 Å². The highest BCUT2D eigenvalue weighted by molar-refractivity contribution is 6.03. The Morgan fingerprint density at radius 2 is 2.10 bits per heavy atom. The first-order chi connectivity index (χ1) is 10.1. The molecule has 0 saturated heterocycles. The second-order valence-corrected chi connectivity index (χ2v) is 5.87. The maximum atomic E-state index is 6.41. The summed E-state index contributed by atoms with van der Waals surface area (Å²) in [5.41, 5.74) is 9.67. The van der Waals surface area contributed by atoms with E-state index in [1.807, 2.05) is 6.07 Å². The van der Waals surface area contributed by atoms with Crippen molar-refractivity contribution in [2.24, 2.45) is 5.92 Å². The van der Waals surface area contributed by atoms with Gasteiger partial charge in [-0.05, 0) is 18.4 Å². The largest absolute Gasteiger partial charge is 0.396 e. The van der Waals surface area contributed by atoms with Gasteiger partial charge in [0.1, 0.15) is 11.3 Å². The topological polar surface area (TPSA) is 69.6 Å². The first kappa shape index (κ1) is 13.8. The van der Waals surface area contributed by atoms with Crippen molar-refractivity contribution < 1.29 is 0 Å². The summed E-state index contributed by atoms with van der Waals surface area (Å²) in [5, 5.41) is 0.949. The molecule has 0 aliphatic rings. The number of aryl methyl sites for hydroxylation is 1. The molecule has 5 nitrogen and oxygen atoms in total. The summed E-state index contributed by atoms with van der Waals surface area (Å²) in [6.07, 6.45) is 5.49. The van der Waals surface area contributed by atoms with Crippen LogP contribution in [-0.4, -0.2) is 19.5 Å². The third-order valence-corrected chi connectivity index (χ3v) is 3.62. The highest BCUT2D eigenvalue weighted by Crippen LogP contribution is 2.29. The summed E-state index contributed by atoms with van der Waals surface area (Å²) in [6, 6.07) is 1.92. The molecule has 21 heavy (non-hydrogen) atoms. The average molecular weight is 283 g/mol. The number of hydrogen-bond acceptors (Lipinski definition) is 4. The first-order valence-electron chi connectivity index (χ1n) is 7.50. The van der Waals surface area contributed by atoms with Crippen molar-refractivity contribution in [3.63, 3.8) is 0 Å². The molecule has 2 N–H and O–H groups in total. The van der Waals surface area contributed by atoms with Gasteiger partial charge in [-0.1, -0.05) is 20.8 Å². The number of nitrogens with zero attached hydrogens (tertiary/aromatic N) is 4. The number of nitrogen functional groups attached to an aromatic ring is 1. The van der Waals surface area contributed by atoms with Crippen molar-refractivity contribution in [3.05, 3.63) is 24.3 Å². The Labute approximate surface area is 124 Å². The van der Waals surface area contributed by atoms with Gasteiger partial charge in [0.05, 0.1) is 17.4 Å². The Morgan fingerprint density at radius 1 is 1.29 bits per heavy atom. The maximum Gasteiger partial charge on any atom is 0.180 e. The molecule has 0 bridgehead atoms. The van der Waals surface area contributed by atoms with E-state index in [9.17, 15) is 0 Å². The minimum atomic E-state index is 0.533. The summed E-state index contributed by atoms with van der Waals surface area (Å²) in [4.78, 5) is 13.5. The van der Waals surface area contributed by atoms with Gasteiger partial charge < -0.3 is 10.3 Å². The predicted octanol–water partition coefficient (Wildman–Crippen LogP) is 3.17. The Hall–Kier alpha value is -2.17. The molecule has 110 valence electrons. The van der Waals surface area contributed by atoms with Crippen LogP contribution in [0.25, 0.3) is 22.1 Å². The quantitative estimate of drug-likeness (QED) is 0.798. The van der Waals surface area contributed by atoms with E-state index in [0.29, 0.717) is 5.92 Å². The van der Waals surface area contributed by atoms with Crippen LogP contribution in [0.4, 0.5) is 5.69 Å². The molecular weight excluding hydrogens is 262 g/mol. The molecule has 0 radical (unpaired) electrons. The molecule has 3 rings (SSSR count). The number of imidazole rings is 1. The molecule has 5 heteroatoms. The fourth-order valence-corrected chi connectivity index (χ4v) is 2.75. The van der Waals surface area contributed by atoms with Crippen LogP contribution >= 0.6 is 0 Å². The number of fused-ring (bicyclic) bond motifs is 2. The lowest BCUT2D eigenvalue weighted by Gasteiger charge is -2.12. The highest BCUT2D eigenvalue weighted by atomic mass is 15.1. The predicted molar refractivity (Wildman–Crippen MR) is 86.1 cm³/mol. The van der Waals surface area contributed by atoms with Gasteiger partial charge in [-0.2, -0.15) is 0 Å². The van der Waals surface area contributed by atoms with Gasteiger partial charge in [-0.25, -0.2) is 9.97 Å². The fraction of sp³-hybridized carbons (Fsp3) is 0.438. The van der Waals surface area contributed by atoms with E-state index in [1.54, 1.807) is 12.4 Å². The van der Waals surface area contributed by atoms with Crippen LogP contribution in [-0.2, 0) is 13.0 Å². The zero-order valence-electron chi connectivity index (χ0n) is 12.8. The normalized spacial score (nSPS) is 11.8. The second kappa shape index (κ2) is 5.31. The lowest BCUT2D eigenvalue weighted by Crippen LogP contribution is -2.09. The van der Waals surface area contributed by atoms with Gasteiger partial charge in [0.15, 0.2) is 5.65 Å². The lowest BCUT2D eigenvalue weighted by atomic mass is 10.2. The van der Waals surface area contributed by atoms with E-state index >= 15 is 0 Å². The van der Waals surface area contributed by atoms with Gasteiger partial charge in [-0.15, -0.1) is 0 Å². The van der Waals surface area contributed by atoms with Gasteiger partial charge in [0.2, 0.25) is 0 Å². The van der Waals surface area contributed by atoms with Gasteiger partial charge >= 0.3 is 0 Å². The van der Waals surface area contributed by atoms with Crippen molar-refractivity contribution >= 4 is 27.8 Å². The maximum absolute atomic E-state index is 6.41. The molecule has 0 atom stereocenters. The van der Waals surface area contributed by atoms with Crippen molar-refractivity contribution in [3.8, 4) is 0 Å². The molecular formula is C16H21N5. The molecule has 0 saturated carbocycles. The standard InChI is InChI=1S/C16H21N5/c1-4-5-13-20-16-15(21(13)9-10(2)3)14(17)11-6-7-18-8-12(11)19-16/h6-8,10H,4-5,9H2,1-3H3,(H2,17,19). The lowest BCUT2D eigenvalue weighted by molar-refractivity contribution is 0.515. The second-order valence-electron chi connectivity index (χ2n) is 5.87. The molecule has 3 aromatic rings. The Morgan fingerprint density at radius 3 is 2.81 bits per heavy atom. The number of anilines is 1. The van der Waals surface area contributed by atoms with Crippen LogP contribution in [0.15, 0.2) is 18.5 Å². The molecule has 0 aliphatic heterocycles. The monoisotopic (exact) mass is 283 g/mol. The van der Waals surface area contributed by atoms with Crippen LogP contribution in [0, 0.1) is 5.92 Å². The van der Waals surface area contributed by atoms with Crippen molar-refractivity contribution in [2.45, 2.75) is 40.2 Å². The van der Waals surface area contributed by atoms with E-state index in [0.717, 1.165) is 53.0 Å². The number of rotatable bonds is 4. The van der Waals surface area contributed by atoms with Crippen LogP contribution in [0.1, 0.15) is 33.0 Å². The fourth-order valence-electron chi connectivity index (χ4n) is 2.75. The number of aromatic nitrogens is 4. The van der Waals surface area contributed by atoms with E-state index in [1.165, 1.54) is 0 Å². The Balaban J connectivity index is 2.34. The van der Waals surface area contributed by atoms with Crippen LogP contribution < -0.4 is 5.73 Å². The summed E-state index contributed by atoms with van der Waals surface area (Å²) in [5.74, 6) is 1.61. The van der Waals surface area contributed by atoms with Gasteiger partial charge in [0, 0.05) is 24.5 Å². The molecule has 0 amide bonds. The van der Waals surface area contributed by atoms with Crippen molar-refractivity contribution in [1.82, 2.24) is 19.5 Å². The molecule has 0 aliphatic carbocycles. The molecule has 0 spiro atoms. The van der Waals surface area contributed by atoms with Crippen LogP contribution in [0.2, 0.25) is 0 Å². The van der Waals surface area contributed by atoms with Gasteiger partial charge in [0.25, 0.3) is 0 Å². The molecule has 0 fully saturated rings. The summed E-state index contributed by atoms with van der Waals surface area (Å²) >= 11 is 0. The summed E-state index contributed by atoms with van der Waals surface area (Å²) in [7, 11) is 0. The van der Waals surface area contributed by atoms with Crippen LogP contribution in [0.5, 0.6) is 0 Å². The molecule has 0 unspecified atom stereocenters. The third-order valence-electron chi connectivity index (χ3n) is 3.62. The summed E-state index contributed by atoms with van der Waals surface area (Å²) < 4.78 is 2.24. The van der Waals surface area contributed by atoms with Crippen LogP contribution in [0.3, 0.4) is 0 Å². The van der Waals surface area contributed by atoms with E-state index in [-0.39, 0.29) is 0 Å². The van der Waals surface area contributed by atoms with E-state index in [4.69, 9.17) is 10.7 Å². The number of hydrogen-bond donors (Lipinski definition) is 1. The highest BCUT2D eigenvalue weighted by Gasteiger charge is 2.17. The minimum Gasteiger partial charge on any atom is -0.396 e. The molecule has 0 aromatic carbocycles. The zero-order valence-corrected chi connectivity index (χ0v) is 12.8. The third kappa shape index (κ3) is 2.33. The Kier molecular flexibility index (Phi) is 3.49. The van der Waals surface area contributed by atoms with E-state index < -0.39 is 0 Å². The van der Waals surface area contributed by atoms with Crippen molar-refractivity contribution in [2.75, 3.05) is 5.73 Å². The minimum absolute atomic E-state index is 0.533. The first-order valence-corrected chi connectivity index (χ1v) is 7.50. The number of pyridine rings is 2. The number of nitrogens with two attached hydrogens (primary N) is 1. The summed E-state index contributed by atoms with van der Waals surface area (Å²) in [6.45, 7) is 7.48. The molecule has 3 aromatic heterocycles. The van der Waals surface area contributed by atoms with E-state index in [2.05, 4.69) is 35.3 Å².